The highest BCUT2D eigenvalue weighted by Crippen LogP contribution is 2.37. The quantitative estimate of drug-likeness (QED) is 0.124. The third-order valence-electron chi connectivity index (χ3n) is 9.93. The van der Waals surface area contributed by atoms with Crippen molar-refractivity contribution in [1.29, 1.82) is 0 Å². The van der Waals surface area contributed by atoms with E-state index in [0.717, 1.165) is 37.6 Å². The van der Waals surface area contributed by atoms with Crippen molar-refractivity contribution < 1.29 is 28.8 Å². The van der Waals surface area contributed by atoms with Crippen LogP contribution in [0, 0.1) is 20.8 Å². The maximum Gasteiger partial charge on any atom is 0.266 e. The van der Waals surface area contributed by atoms with E-state index in [9.17, 15) is 28.8 Å². The molecule has 8 rings (SSSR count). The Balaban J connectivity index is 0.994. The number of hydrogen-bond acceptors (Lipinski definition) is 9. The number of anilines is 4. The first-order valence-corrected chi connectivity index (χ1v) is 17.6. The number of carbonyl (C=O) groups is 6. The first-order valence-electron chi connectivity index (χ1n) is 17.6. The molecule has 0 atom stereocenters. The zero-order chi connectivity index (χ0) is 39.4. The molecular formula is C44H32N6O6. The molecule has 6 aromatic rings. The number of nitrogens with two attached hydrogens (primary N) is 1. The van der Waals surface area contributed by atoms with Crippen molar-refractivity contribution >= 4 is 58.2 Å². The number of amides is 5. The minimum absolute atomic E-state index is 0.0655. The number of nitrogens with one attached hydrogen (secondary N) is 1. The molecule has 2 aliphatic rings. The Hall–Kier alpha value is -7.60. The molecule has 0 spiro atoms. The monoisotopic (exact) mass is 740 g/mol. The van der Waals surface area contributed by atoms with Gasteiger partial charge in [0.1, 0.15) is 5.82 Å². The van der Waals surface area contributed by atoms with Crippen LogP contribution in [-0.2, 0) is 6.42 Å². The summed E-state index contributed by atoms with van der Waals surface area (Å²) in [4.78, 5) is 90.7. The molecule has 2 aromatic heterocycles. The van der Waals surface area contributed by atoms with Crippen LogP contribution in [0.5, 0.6) is 0 Å². The van der Waals surface area contributed by atoms with Crippen LogP contribution in [0.4, 0.5) is 22.9 Å². The van der Waals surface area contributed by atoms with Crippen LogP contribution < -0.4 is 20.9 Å². The summed E-state index contributed by atoms with van der Waals surface area (Å²) in [5, 5.41) is 2.66. The lowest BCUT2D eigenvalue weighted by molar-refractivity contribution is 0.0910. The van der Waals surface area contributed by atoms with Gasteiger partial charge in [-0.2, -0.15) is 0 Å². The molecule has 5 amide bonds. The maximum absolute atomic E-state index is 13.6. The average Bonchev–Trinajstić information content (AvgIpc) is 3.59. The van der Waals surface area contributed by atoms with Gasteiger partial charge in [0.15, 0.2) is 5.78 Å². The van der Waals surface area contributed by atoms with Gasteiger partial charge >= 0.3 is 0 Å². The Labute approximate surface area is 320 Å². The van der Waals surface area contributed by atoms with E-state index in [1.54, 1.807) is 60.8 Å². The van der Waals surface area contributed by atoms with Crippen molar-refractivity contribution in [2.45, 2.75) is 27.2 Å². The van der Waals surface area contributed by atoms with E-state index in [0.29, 0.717) is 28.3 Å². The summed E-state index contributed by atoms with van der Waals surface area (Å²) in [7, 11) is 0. The predicted molar refractivity (Wildman–Crippen MR) is 210 cm³/mol. The van der Waals surface area contributed by atoms with Crippen molar-refractivity contribution in [3.8, 4) is 11.1 Å². The van der Waals surface area contributed by atoms with Gasteiger partial charge in [0.25, 0.3) is 29.5 Å². The van der Waals surface area contributed by atoms with Crippen molar-refractivity contribution in [2.75, 3.05) is 20.9 Å². The summed E-state index contributed by atoms with van der Waals surface area (Å²) in [5.41, 5.74) is 12.8. The molecule has 12 nitrogen and oxygen atoms in total. The molecule has 0 radical (unpaired) electrons. The fourth-order valence-corrected chi connectivity index (χ4v) is 6.98. The van der Waals surface area contributed by atoms with Crippen molar-refractivity contribution in [3.63, 3.8) is 0 Å². The number of hydrogen-bond donors (Lipinski definition) is 2. The zero-order valence-corrected chi connectivity index (χ0v) is 30.4. The lowest BCUT2D eigenvalue weighted by atomic mass is 9.95. The zero-order valence-electron chi connectivity index (χ0n) is 30.4. The number of nitrogens with zero attached hydrogens (tertiary/aromatic N) is 4. The normalized spacial score (nSPS) is 13.3. The Morgan fingerprint density at radius 2 is 1.11 bits per heavy atom. The number of nitrogen functional groups attached to an aromatic ring is 1. The second-order valence-electron chi connectivity index (χ2n) is 13.8. The molecule has 3 N–H and O–H groups in total. The van der Waals surface area contributed by atoms with Gasteiger partial charge in [-0.1, -0.05) is 24.3 Å². The van der Waals surface area contributed by atoms with Gasteiger partial charge in [0, 0.05) is 23.0 Å². The van der Waals surface area contributed by atoms with Crippen LogP contribution in [-0.4, -0.2) is 45.3 Å². The van der Waals surface area contributed by atoms with E-state index in [1.807, 2.05) is 32.9 Å². The Bertz CT molecular complexity index is 2520. The SMILES string of the molecule is Cc1ccc(CC(=O)c2ccc3c(c2)C(=O)N(c2ccc(-c4ccc(N5C(=O)c6ccc(C(=O)Nc7ccc(N)cn7)cc6C5=O)cc4C)c(C)c2)C3=O)nc1. The van der Waals surface area contributed by atoms with E-state index < -0.39 is 29.5 Å². The third kappa shape index (κ3) is 6.18. The molecule has 0 bridgehead atoms. The number of imide groups is 2. The molecule has 2 aliphatic heterocycles. The number of aromatic nitrogens is 2. The summed E-state index contributed by atoms with van der Waals surface area (Å²) in [5.74, 6) is -2.49. The van der Waals surface area contributed by atoms with E-state index in [-0.39, 0.29) is 45.8 Å². The second-order valence-corrected chi connectivity index (χ2v) is 13.8. The minimum atomic E-state index is -0.557. The molecule has 0 aliphatic carbocycles. The Kier molecular flexibility index (Phi) is 8.65. The van der Waals surface area contributed by atoms with E-state index in [1.165, 1.54) is 36.5 Å². The first kappa shape index (κ1) is 35.4. The fraction of sp³-hybridized carbons (Fsp3) is 0.0909. The second kappa shape index (κ2) is 13.7. The highest BCUT2D eigenvalue weighted by molar-refractivity contribution is 6.35. The van der Waals surface area contributed by atoms with Crippen molar-refractivity contribution in [3.05, 3.63) is 165 Å². The molecular weight excluding hydrogens is 709 g/mol. The molecule has 0 unspecified atom stereocenters. The minimum Gasteiger partial charge on any atom is -0.397 e. The highest BCUT2D eigenvalue weighted by Gasteiger charge is 2.39. The highest BCUT2D eigenvalue weighted by atomic mass is 16.2. The molecule has 0 saturated heterocycles. The molecule has 56 heavy (non-hydrogen) atoms. The summed E-state index contributed by atoms with van der Waals surface area (Å²) >= 11 is 0. The molecule has 12 heteroatoms. The van der Waals surface area contributed by atoms with Crippen LogP contribution in [0.2, 0.25) is 0 Å². The Morgan fingerprint density at radius 1 is 0.571 bits per heavy atom. The number of Topliss-reactive ketones (excluding diaryl/α,β-unsaturated/α-hetero) is 1. The van der Waals surface area contributed by atoms with Gasteiger partial charge < -0.3 is 11.1 Å². The lowest BCUT2D eigenvalue weighted by Gasteiger charge is -2.19. The summed E-state index contributed by atoms with van der Waals surface area (Å²) in [6.07, 6.45) is 3.17. The predicted octanol–water partition coefficient (Wildman–Crippen LogP) is 6.93. The van der Waals surface area contributed by atoms with Gasteiger partial charge in [-0.15, -0.1) is 0 Å². The standard InChI is InChI=1S/C44H32N6O6/c1-23-4-8-29(46-21-23)20-38(51)26-5-11-34-36(18-26)43(55)49(41(34)53)30-9-13-32(24(2)16-30)33-14-10-31(17-25(33)3)50-42(54)35-12-6-27(19-37(35)44(50)56)40(52)48-39-15-7-28(45)22-47-39/h4-19,21-22H,20,45H2,1-3H3,(H,47,48,52). The topological polar surface area (TPSA) is 173 Å². The molecule has 0 fully saturated rings. The number of carbonyl (C=O) groups excluding carboxylic acids is 6. The molecule has 4 aromatic carbocycles. The van der Waals surface area contributed by atoms with Gasteiger partial charge in [-0.05, 0) is 121 Å². The summed E-state index contributed by atoms with van der Waals surface area (Å²) < 4.78 is 0. The number of rotatable bonds is 8. The molecule has 0 saturated carbocycles. The summed E-state index contributed by atoms with van der Waals surface area (Å²) in [6.45, 7) is 5.63. The van der Waals surface area contributed by atoms with E-state index >= 15 is 0 Å². The Morgan fingerprint density at radius 3 is 1.62 bits per heavy atom. The van der Waals surface area contributed by atoms with Gasteiger partial charge in [0.05, 0.1) is 51.9 Å². The van der Waals surface area contributed by atoms with Crippen molar-refractivity contribution in [2.24, 2.45) is 0 Å². The van der Waals surface area contributed by atoms with Crippen LogP contribution >= 0.6 is 0 Å². The lowest BCUT2D eigenvalue weighted by Crippen LogP contribution is -2.29. The summed E-state index contributed by atoms with van der Waals surface area (Å²) in [6, 6.07) is 26.2. The van der Waals surface area contributed by atoms with Gasteiger partial charge in [0.2, 0.25) is 0 Å². The first-order chi connectivity index (χ1) is 26.9. The maximum atomic E-state index is 13.6. The number of aryl methyl sites for hydroxylation is 3. The number of benzene rings is 4. The molecule has 274 valence electrons. The van der Waals surface area contributed by atoms with Gasteiger partial charge in [-0.25, -0.2) is 14.8 Å². The van der Waals surface area contributed by atoms with Crippen LogP contribution in [0.1, 0.15) is 84.5 Å². The number of pyridine rings is 2. The third-order valence-corrected chi connectivity index (χ3v) is 9.93. The smallest absolute Gasteiger partial charge is 0.266 e. The fourth-order valence-electron chi connectivity index (χ4n) is 6.98. The van der Waals surface area contributed by atoms with Gasteiger partial charge in [-0.3, -0.25) is 33.8 Å². The van der Waals surface area contributed by atoms with Crippen LogP contribution in [0.25, 0.3) is 11.1 Å². The van der Waals surface area contributed by atoms with Crippen LogP contribution in [0.3, 0.4) is 0 Å². The van der Waals surface area contributed by atoms with Crippen molar-refractivity contribution in [1.82, 2.24) is 9.97 Å². The number of fused-ring (bicyclic) bond motifs is 2. The number of ketones is 1. The van der Waals surface area contributed by atoms with E-state index in [2.05, 4.69) is 15.3 Å². The van der Waals surface area contributed by atoms with Crippen LogP contribution in [0.15, 0.2) is 109 Å². The van der Waals surface area contributed by atoms with E-state index in [4.69, 9.17) is 5.73 Å². The largest absolute Gasteiger partial charge is 0.397 e. The molecule has 4 heterocycles. The average molecular weight is 741 g/mol.